The highest BCUT2D eigenvalue weighted by molar-refractivity contribution is 5.90. The van der Waals surface area contributed by atoms with Gasteiger partial charge in [-0.05, 0) is 32.5 Å². The minimum Gasteiger partial charge on any atom is -0.481 e. The lowest BCUT2D eigenvalue weighted by molar-refractivity contribution is -0.137. The van der Waals surface area contributed by atoms with E-state index in [1.165, 1.54) is 4.90 Å². The van der Waals surface area contributed by atoms with Crippen molar-refractivity contribution in [3.05, 3.63) is 29.8 Å². The number of anilines is 1. The third kappa shape index (κ3) is 5.43. The number of para-hydroxylation sites is 1. The molecule has 0 atom stereocenters. The van der Waals surface area contributed by atoms with Crippen LogP contribution in [0.5, 0.6) is 0 Å². The van der Waals surface area contributed by atoms with Gasteiger partial charge in [0.25, 0.3) is 0 Å². The zero-order valence-electron chi connectivity index (χ0n) is 12.7. The topological polar surface area (TPSA) is 81.7 Å². The van der Waals surface area contributed by atoms with Crippen LogP contribution < -0.4 is 10.6 Å². The average molecular weight is 293 g/mol. The van der Waals surface area contributed by atoms with E-state index in [4.69, 9.17) is 5.11 Å². The number of hydrogen-bond acceptors (Lipinski definition) is 3. The van der Waals surface area contributed by atoms with Crippen LogP contribution >= 0.6 is 0 Å². The Balaban J connectivity index is 2.79. The van der Waals surface area contributed by atoms with Gasteiger partial charge < -0.3 is 20.6 Å². The zero-order chi connectivity index (χ0) is 15.8. The Kier molecular flexibility index (Phi) is 6.68. The third-order valence-electron chi connectivity index (χ3n) is 3.08. The summed E-state index contributed by atoms with van der Waals surface area (Å²) in [5.41, 5.74) is 1.72. The molecule has 0 heterocycles. The fourth-order valence-corrected chi connectivity index (χ4v) is 1.98. The van der Waals surface area contributed by atoms with E-state index in [0.29, 0.717) is 6.54 Å². The maximum absolute atomic E-state index is 12.3. The standard InChI is InChI=1S/C15H23N3O3/c1-11(2)18(9-8-14(19)20)15(21)17-13-7-5-4-6-12(13)10-16-3/h4-7,11,16H,8-10H2,1-3H3,(H,17,21)(H,19,20). The minimum absolute atomic E-state index is 0.0657. The number of carbonyl (C=O) groups excluding carboxylic acids is 1. The van der Waals surface area contributed by atoms with E-state index >= 15 is 0 Å². The van der Waals surface area contributed by atoms with Crippen molar-refractivity contribution >= 4 is 17.7 Å². The number of hydrogen-bond donors (Lipinski definition) is 3. The highest BCUT2D eigenvalue weighted by Crippen LogP contribution is 2.16. The molecule has 0 saturated heterocycles. The first kappa shape index (κ1) is 17.0. The molecule has 3 N–H and O–H groups in total. The highest BCUT2D eigenvalue weighted by Gasteiger charge is 2.18. The summed E-state index contributed by atoms with van der Waals surface area (Å²) in [5.74, 6) is -0.913. The van der Waals surface area contributed by atoms with E-state index in [9.17, 15) is 9.59 Å². The molecule has 1 rings (SSSR count). The normalized spacial score (nSPS) is 10.5. The second kappa shape index (κ2) is 8.26. The van der Waals surface area contributed by atoms with Crippen molar-refractivity contribution in [3.8, 4) is 0 Å². The van der Waals surface area contributed by atoms with Crippen LogP contribution in [0.3, 0.4) is 0 Å². The van der Waals surface area contributed by atoms with Crippen molar-refractivity contribution in [1.29, 1.82) is 0 Å². The number of rotatable bonds is 7. The van der Waals surface area contributed by atoms with Gasteiger partial charge in [0, 0.05) is 24.8 Å². The minimum atomic E-state index is -0.913. The SMILES string of the molecule is CNCc1ccccc1NC(=O)N(CCC(=O)O)C(C)C. The van der Waals surface area contributed by atoms with E-state index in [1.807, 2.05) is 45.2 Å². The van der Waals surface area contributed by atoms with Gasteiger partial charge in [-0.1, -0.05) is 18.2 Å². The summed E-state index contributed by atoms with van der Waals surface area (Å²) in [4.78, 5) is 24.5. The molecule has 116 valence electrons. The van der Waals surface area contributed by atoms with Crippen molar-refractivity contribution in [2.75, 3.05) is 18.9 Å². The largest absolute Gasteiger partial charge is 0.481 e. The molecular weight excluding hydrogens is 270 g/mol. The maximum atomic E-state index is 12.3. The summed E-state index contributed by atoms with van der Waals surface area (Å²) in [7, 11) is 1.84. The molecule has 1 aromatic carbocycles. The highest BCUT2D eigenvalue weighted by atomic mass is 16.4. The first-order chi connectivity index (χ1) is 9.95. The molecule has 0 aliphatic rings. The lowest BCUT2D eigenvalue weighted by atomic mass is 10.2. The molecule has 6 nitrogen and oxygen atoms in total. The molecule has 0 bridgehead atoms. The second-order valence-electron chi connectivity index (χ2n) is 5.05. The Labute approximate surface area is 125 Å². The predicted molar refractivity (Wildman–Crippen MR) is 82.3 cm³/mol. The zero-order valence-corrected chi connectivity index (χ0v) is 12.7. The summed E-state index contributed by atoms with van der Waals surface area (Å²) in [6.45, 7) is 4.56. The number of carbonyl (C=O) groups is 2. The van der Waals surface area contributed by atoms with Gasteiger partial charge in [-0.25, -0.2) is 4.79 Å². The van der Waals surface area contributed by atoms with Gasteiger partial charge in [-0.15, -0.1) is 0 Å². The molecule has 2 amide bonds. The van der Waals surface area contributed by atoms with E-state index in [0.717, 1.165) is 11.3 Å². The Morgan fingerprint density at radius 3 is 2.52 bits per heavy atom. The van der Waals surface area contributed by atoms with Gasteiger partial charge >= 0.3 is 12.0 Å². The average Bonchev–Trinajstić information content (AvgIpc) is 2.40. The number of carboxylic acid groups (broad SMARTS) is 1. The lowest BCUT2D eigenvalue weighted by Crippen LogP contribution is -2.41. The Hall–Kier alpha value is -2.08. The molecular formula is C15H23N3O3. The molecule has 6 heteroatoms. The monoisotopic (exact) mass is 293 g/mol. The van der Waals surface area contributed by atoms with Gasteiger partial charge in [0.2, 0.25) is 0 Å². The summed E-state index contributed by atoms with van der Waals surface area (Å²) in [6, 6.07) is 7.18. The summed E-state index contributed by atoms with van der Waals surface area (Å²) < 4.78 is 0. The molecule has 0 saturated carbocycles. The van der Waals surface area contributed by atoms with E-state index < -0.39 is 5.97 Å². The van der Waals surface area contributed by atoms with E-state index in [1.54, 1.807) is 0 Å². The summed E-state index contributed by atoms with van der Waals surface area (Å²) in [5, 5.41) is 14.7. The van der Waals surface area contributed by atoms with Crippen LogP contribution in [-0.4, -0.2) is 41.6 Å². The van der Waals surface area contributed by atoms with Crippen LogP contribution in [0.25, 0.3) is 0 Å². The van der Waals surface area contributed by atoms with Crippen LogP contribution in [0.15, 0.2) is 24.3 Å². The van der Waals surface area contributed by atoms with Crippen LogP contribution in [0.2, 0.25) is 0 Å². The summed E-state index contributed by atoms with van der Waals surface area (Å²) in [6.07, 6.45) is -0.0657. The van der Waals surface area contributed by atoms with Crippen LogP contribution in [-0.2, 0) is 11.3 Å². The van der Waals surface area contributed by atoms with Crippen LogP contribution in [0, 0.1) is 0 Å². The molecule has 0 aliphatic heterocycles. The van der Waals surface area contributed by atoms with Gasteiger partial charge in [-0.2, -0.15) is 0 Å². The molecule has 0 unspecified atom stereocenters. The molecule has 21 heavy (non-hydrogen) atoms. The smallest absolute Gasteiger partial charge is 0.322 e. The number of benzene rings is 1. The number of amides is 2. The fourth-order valence-electron chi connectivity index (χ4n) is 1.98. The number of nitrogens with one attached hydrogen (secondary N) is 2. The van der Waals surface area contributed by atoms with E-state index in [2.05, 4.69) is 10.6 Å². The Morgan fingerprint density at radius 1 is 1.29 bits per heavy atom. The van der Waals surface area contributed by atoms with Crippen molar-refractivity contribution in [1.82, 2.24) is 10.2 Å². The number of aliphatic carboxylic acids is 1. The van der Waals surface area contributed by atoms with Gasteiger partial charge in [0.05, 0.1) is 6.42 Å². The van der Waals surface area contributed by atoms with E-state index in [-0.39, 0.29) is 25.0 Å². The molecule has 0 fully saturated rings. The van der Waals surface area contributed by atoms with Crippen LogP contribution in [0.4, 0.5) is 10.5 Å². The molecule has 0 spiro atoms. The fraction of sp³-hybridized carbons (Fsp3) is 0.467. The quantitative estimate of drug-likeness (QED) is 0.719. The Bertz CT molecular complexity index is 489. The lowest BCUT2D eigenvalue weighted by Gasteiger charge is -2.27. The van der Waals surface area contributed by atoms with Gasteiger partial charge in [0.15, 0.2) is 0 Å². The first-order valence-corrected chi connectivity index (χ1v) is 6.97. The molecule has 0 radical (unpaired) electrons. The van der Waals surface area contributed by atoms with Crippen molar-refractivity contribution in [2.45, 2.75) is 32.9 Å². The predicted octanol–water partition coefficient (Wildman–Crippen LogP) is 2.12. The van der Waals surface area contributed by atoms with Gasteiger partial charge in [0.1, 0.15) is 0 Å². The molecule has 1 aromatic rings. The van der Waals surface area contributed by atoms with Gasteiger partial charge in [-0.3, -0.25) is 4.79 Å². The number of nitrogens with zero attached hydrogens (tertiary/aromatic N) is 1. The van der Waals surface area contributed by atoms with Crippen molar-refractivity contribution < 1.29 is 14.7 Å². The first-order valence-electron chi connectivity index (χ1n) is 6.97. The number of carboxylic acids is 1. The molecule has 0 aromatic heterocycles. The molecule has 0 aliphatic carbocycles. The number of urea groups is 1. The Morgan fingerprint density at radius 2 is 1.95 bits per heavy atom. The second-order valence-corrected chi connectivity index (χ2v) is 5.05. The maximum Gasteiger partial charge on any atom is 0.322 e. The van der Waals surface area contributed by atoms with Crippen molar-refractivity contribution in [3.63, 3.8) is 0 Å². The van der Waals surface area contributed by atoms with Crippen molar-refractivity contribution in [2.24, 2.45) is 0 Å². The van der Waals surface area contributed by atoms with Crippen LogP contribution in [0.1, 0.15) is 25.8 Å². The summed E-state index contributed by atoms with van der Waals surface area (Å²) >= 11 is 0. The third-order valence-corrected chi connectivity index (χ3v) is 3.08.